The lowest BCUT2D eigenvalue weighted by Crippen LogP contribution is -2.42. The van der Waals surface area contributed by atoms with E-state index in [1.807, 2.05) is 13.8 Å². The third kappa shape index (κ3) is 4.92. The molecule has 1 aliphatic heterocycles. The maximum absolute atomic E-state index is 12.4. The van der Waals surface area contributed by atoms with Crippen molar-refractivity contribution in [2.75, 3.05) is 13.1 Å². The van der Waals surface area contributed by atoms with E-state index in [-0.39, 0.29) is 17.3 Å². The lowest BCUT2D eigenvalue weighted by atomic mass is 9.86. The minimum atomic E-state index is -0.672. The number of aromatic amines is 1. The van der Waals surface area contributed by atoms with Crippen LogP contribution in [0.25, 0.3) is 0 Å². The first kappa shape index (κ1) is 17.2. The SMILES string of the molecule is CC(C)(O)CC1CCN(C(=O)/C(N)=C/C(=N)c2ccn[nH]2)CC1. The van der Waals surface area contributed by atoms with Gasteiger partial charge in [-0.05, 0) is 51.2 Å². The third-order valence-corrected chi connectivity index (χ3v) is 4.03. The molecule has 1 aromatic rings. The van der Waals surface area contributed by atoms with Gasteiger partial charge in [-0.1, -0.05) is 0 Å². The number of hydrogen-bond acceptors (Lipinski definition) is 5. The largest absolute Gasteiger partial charge is 0.394 e. The van der Waals surface area contributed by atoms with Crippen LogP contribution in [0.15, 0.2) is 24.0 Å². The van der Waals surface area contributed by atoms with Gasteiger partial charge in [0.25, 0.3) is 5.91 Å². The van der Waals surface area contributed by atoms with Crippen molar-refractivity contribution in [1.29, 1.82) is 5.41 Å². The smallest absolute Gasteiger partial charge is 0.269 e. The van der Waals surface area contributed by atoms with Crippen LogP contribution in [-0.4, -0.2) is 50.5 Å². The predicted octanol–water partition coefficient (Wildman–Crippen LogP) is 1.02. The molecule has 7 heteroatoms. The molecule has 23 heavy (non-hydrogen) atoms. The maximum atomic E-state index is 12.4. The lowest BCUT2D eigenvalue weighted by Gasteiger charge is -2.34. The zero-order chi connectivity index (χ0) is 17.0. The Morgan fingerprint density at radius 2 is 2.22 bits per heavy atom. The normalized spacial score (nSPS) is 17.3. The number of carbonyl (C=O) groups excluding carboxylic acids is 1. The molecule has 0 radical (unpaired) electrons. The summed E-state index contributed by atoms with van der Waals surface area (Å²) in [7, 11) is 0. The summed E-state index contributed by atoms with van der Waals surface area (Å²) in [6, 6.07) is 1.65. The van der Waals surface area contributed by atoms with E-state index in [0.29, 0.717) is 24.7 Å². The Balaban J connectivity index is 1.90. The molecule has 2 rings (SSSR count). The van der Waals surface area contributed by atoms with Crippen LogP contribution in [0.1, 0.15) is 38.8 Å². The predicted molar refractivity (Wildman–Crippen MR) is 87.9 cm³/mol. The molecule has 0 aromatic carbocycles. The van der Waals surface area contributed by atoms with E-state index in [1.165, 1.54) is 6.08 Å². The molecular formula is C16H25N5O2. The number of piperidine rings is 1. The fraction of sp³-hybridized carbons (Fsp3) is 0.562. The second kappa shape index (κ2) is 6.95. The van der Waals surface area contributed by atoms with Gasteiger partial charge < -0.3 is 15.7 Å². The van der Waals surface area contributed by atoms with E-state index in [1.54, 1.807) is 17.2 Å². The van der Waals surface area contributed by atoms with Gasteiger partial charge in [0, 0.05) is 19.3 Å². The average Bonchev–Trinajstić information content (AvgIpc) is 3.00. The van der Waals surface area contributed by atoms with Crippen LogP contribution < -0.4 is 5.73 Å². The maximum Gasteiger partial charge on any atom is 0.269 e. The molecule has 1 aromatic heterocycles. The highest BCUT2D eigenvalue weighted by atomic mass is 16.3. The molecule has 1 fully saturated rings. The van der Waals surface area contributed by atoms with Crippen LogP contribution in [0.4, 0.5) is 0 Å². The first-order valence-electron chi connectivity index (χ1n) is 7.83. The van der Waals surface area contributed by atoms with E-state index < -0.39 is 5.60 Å². The number of hydrogen-bond donors (Lipinski definition) is 4. The highest BCUT2D eigenvalue weighted by Crippen LogP contribution is 2.26. The molecule has 126 valence electrons. The van der Waals surface area contributed by atoms with Crippen LogP contribution >= 0.6 is 0 Å². The summed E-state index contributed by atoms with van der Waals surface area (Å²) in [4.78, 5) is 14.1. The minimum Gasteiger partial charge on any atom is -0.394 e. The molecule has 2 heterocycles. The van der Waals surface area contributed by atoms with Crippen LogP contribution in [-0.2, 0) is 4.79 Å². The number of carbonyl (C=O) groups is 1. The van der Waals surface area contributed by atoms with Crippen molar-refractivity contribution in [3.05, 3.63) is 29.7 Å². The summed E-state index contributed by atoms with van der Waals surface area (Å²) in [6.07, 6.45) is 5.37. The summed E-state index contributed by atoms with van der Waals surface area (Å²) in [5.74, 6) is 0.184. The second-order valence-corrected chi connectivity index (χ2v) is 6.74. The number of allylic oxidation sites excluding steroid dienone is 1. The molecule has 1 amide bonds. The highest BCUT2D eigenvalue weighted by Gasteiger charge is 2.27. The van der Waals surface area contributed by atoms with Crippen molar-refractivity contribution in [2.45, 2.75) is 38.7 Å². The Labute approximate surface area is 136 Å². The van der Waals surface area contributed by atoms with Crippen LogP contribution in [0.5, 0.6) is 0 Å². The number of nitrogens with two attached hydrogens (primary N) is 1. The van der Waals surface area contributed by atoms with E-state index in [0.717, 1.165) is 19.3 Å². The van der Waals surface area contributed by atoms with Gasteiger partial charge in [0.1, 0.15) is 0 Å². The molecule has 1 aliphatic rings. The van der Waals surface area contributed by atoms with Gasteiger partial charge in [0.15, 0.2) is 0 Å². The first-order valence-corrected chi connectivity index (χ1v) is 7.83. The second-order valence-electron chi connectivity index (χ2n) is 6.74. The van der Waals surface area contributed by atoms with Gasteiger partial charge >= 0.3 is 0 Å². The topological polar surface area (TPSA) is 119 Å². The highest BCUT2D eigenvalue weighted by molar-refractivity contribution is 6.09. The van der Waals surface area contributed by atoms with Crippen molar-refractivity contribution >= 4 is 11.6 Å². The van der Waals surface area contributed by atoms with Crippen LogP contribution in [0.3, 0.4) is 0 Å². The Morgan fingerprint density at radius 3 is 2.74 bits per heavy atom. The Kier molecular flexibility index (Phi) is 5.20. The Morgan fingerprint density at radius 1 is 1.57 bits per heavy atom. The third-order valence-electron chi connectivity index (χ3n) is 4.03. The molecule has 7 nitrogen and oxygen atoms in total. The summed E-state index contributed by atoms with van der Waals surface area (Å²) in [6.45, 7) is 4.88. The number of nitrogens with one attached hydrogen (secondary N) is 2. The summed E-state index contributed by atoms with van der Waals surface area (Å²) >= 11 is 0. The monoisotopic (exact) mass is 319 g/mol. The molecule has 0 aliphatic carbocycles. The molecule has 5 N–H and O–H groups in total. The van der Waals surface area contributed by atoms with Gasteiger partial charge in [-0.25, -0.2) is 0 Å². The minimum absolute atomic E-state index is 0.0607. The van der Waals surface area contributed by atoms with E-state index in [9.17, 15) is 9.90 Å². The van der Waals surface area contributed by atoms with Gasteiger partial charge in [-0.15, -0.1) is 0 Å². The van der Waals surface area contributed by atoms with Gasteiger partial charge in [0.05, 0.1) is 22.7 Å². The van der Waals surface area contributed by atoms with Crippen molar-refractivity contribution in [3.63, 3.8) is 0 Å². The number of aromatic nitrogens is 2. The molecule has 1 saturated heterocycles. The Bertz CT molecular complexity index is 578. The molecule has 0 saturated carbocycles. The molecular weight excluding hydrogens is 294 g/mol. The van der Waals surface area contributed by atoms with E-state index in [2.05, 4.69) is 10.2 Å². The zero-order valence-corrected chi connectivity index (χ0v) is 13.7. The zero-order valence-electron chi connectivity index (χ0n) is 13.7. The summed E-state index contributed by atoms with van der Waals surface area (Å²) < 4.78 is 0. The Hall–Kier alpha value is -2.15. The van der Waals surface area contributed by atoms with Gasteiger partial charge in [0.2, 0.25) is 0 Å². The van der Waals surface area contributed by atoms with E-state index in [4.69, 9.17) is 11.1 Å². The van der Waals surface area contributed by atoms with Crippen molar-refractivity contribution < 1.29 is 9.90 Å². The van der Waals surface area contributed by atoms with Crippen molar-refractivity contribution in [1.82, 2.24) is 15.1 Å². The first-order chi connectivity index (χ1) is 10.8. The molecule has 0 atom stereocenters. The molecule has 0 bridgehead atoms. The average molecular weight is 319 g/mol. The van der Waals surface area contributed by atoms with Crippen LogP contribution in [0.2, 0.25) is 0 Å². The molecule has 0 spiro atoms. The fourth-order valence-corrected chi connectivity index (χ4v) is 2.93. The fourth-order valence-electron chi connectivity index (χ4n) is 2.93. The van der Waals surface area contributed by atoms with Gasteiger partial charge in [-0.2, -0.15) is 5.10 Å². The molecule has 0 unspecified atom stereocenters. The number of likely N-dealkylation sites (tertiary alicyclic amines) is 1. The van der Waals surface area contributed by atoms with E-state index >= 15 is 0 Å². The number of aliphatic hydroxyl groups is 1. The van der Waals surface area contributed by atoms with Crippen molar-refractivity contribution in [2.24, 2.45) is 11.7 Å². The van der Waals surface area contributed by atoms with Crippen molar-refractivity contribution in [3.8, 4) is 0 Å². The summed E-state index contributed by atoms with van der Waals surface area (Å²) in [5.41, 5.74) is 5.88. The number of amides is 1. The lowest BCUT2D eigenvalue weighted by molar-refractivity contribution is -0.128. The van der Waals surface area contributed by atoms with Crippen LogP contribution in [0, 0.1) is 11.3 Å². The summed E-state index contributed by atoms with van der Waals surface area (Å²) in [5, 5.41) is 24.2. The number of rotatable bonds is 5. The quantitative estimate of drug-likeness (QED) is 0.478. The standard InChI is InChI=1S/C16H25N5O2/c1-16(2,23)10-11-4-7-21(8-5-11)15(22)13(18)9-12(17)14-3-6-19-20-14/h3,6,9,11,17,23H,4-5,7-8,10,18H2,1-2H3,(H,19,20)/b13-9-,17-12?. The van der Waals surface area contributed by atoms with Gasteiger partial charge in [-0.3, -0.25) is 15.3 Å². The number of H-pyrrole nitrogens is 1. The number of nitrogens with zero attached hydrogens (tertiary/aromatic N) is 2.